The first kappa shape index (κ1) is 6.05. The van der Waals surface area contributed by atoms with E-state index in [-0.39, 0.29) is 12.1 Å². The Morgan fingerprint density at radius 3 is 2.50 bits per heavy atom. The molecule has 0 amide bonds. The van der Waals surface area contributed by atoms with E-state index in [1.807, 2.05) is 11.8 Å². The third-order valence-electron chi connectivity index (χ3n) is 1.84. The van der Waals surface area contributed by atoms with Crippen molar-refractivity contribution < 1.29 is 5.11 Å². The van der Waals surface area contributed by atoms with Gasteiger partial charge in [0, 0.05) is 6.04 Å². The zero-order valence-electron chi connectivity index (χ0n) is 5.17. The highest BCUT2D eigenvalue weighted by molar-refractivity contribution is 4.82. The standard InChI is InChI=1S/C6H12NO/c1-5-6(8)3-4-7(5)2/h5-6,8H,2-4H2,1H3/q-1/t5-,6+/m1/s1. The molecule has 0 unspecified atom stereocenters. The molecule has 2 atom stereocenters. The molecule has 0 saturated carbocycles. The van der Waals surface area contributed by atoms with E-state index in [9.17, 15) is 0 Å². The lowest BCUT2D eigenvalue weighted by molar-refractivity contribution is 0.142. The van der Waals surface area contributed by atoms with Crippen molar-refractivity contribution in [3.8, 4) is 0 Å². The molecule has 8 heavy (non-hydrogen) atoms. The van der Waals surface area contributed by atoms with E-state index in [4.69, 9.17) is 5.11 Å². The fourth-order valence-electron chi connectivity index (χ4n) is 0.986. The number of hydrogen-bond donors (Lipinski definition) is 1. The Balaban J connectivity index is 2.44. The van der Waals surface area contributed by atoms with Gasteiger partial charge in [-0.15, -0.1) is 0 Å². The Labute approximate surface area is 50.1 Å². The van der Waals surface area contributed by atoms with Gasteiger partial charge in [0.25, 0.3) is 0 Å². The Morgan fingerprint density at radius 1 is 1.75 bits per heavy atom. The van der Waals surface area contributed by atoms with Crippen LogP contribution in [-0.2, 0) is 0 Å². The van der Waals surface area contributed by atoms with Crippen LogP contribution in [0.15, 0.2) is 0 Å². The summed E-state index contributed by atoms with van der Waals surface area (Å²) in [4.78, 5) is 1.92. The Morgan fingerprint density at radius 2 is 2.38 bits per heavy atom. The highest BCUT2D eigenvalue weighted by Gasteiger charge is 2.20. The average molecular weight is 114 g/mol. The van der Waals surface area contributed by atoms with Crippen LogP contribution >= 0.6 is 0 Å². The molecule has 0 radical (unpaired) electrons. The lowest BCUT2D eigenvalue weighted by Crippen LogP contribution is -2.26. The molecule has 0 aromatic rings. The van der Waals surface area contributed by atoms with E-state index < -0.39 is 0 Å². The molecule has 1 N–H and O–H groups in total. The number of likely N-dealkylation sites (tertiary alicyclic amines) is 1. The average Bonchev–Trinajstić information content (AvgIpc) is 1.98. The van der Waals surface area contributed by atoms with Crippen LogP contribution < -0.4 is 0 Å². The molecule has 0 bridgehead atoms. The topological polar surface area (TPSA) is 23.5 Å². The third kappa shape index (κ3) is 0.858. The maximum Gasteiger partial charge on any atom is 0.0680 e. The molecule has 0 aliphatic carbocycles. The SMILES string of the molecule is [CH2-]N1CC[C@H](O)[C@H]1C. The van der Waals surface area contributed by atoms with Gasteiger partial charge in [-0.05, 0) is 19.9 Å². The smallest absolute Gasteiger partial charge is 0.0680 e. The predicted molar refractivity (Wildman–Crippen MR) is 32.1 cm³/mol. The van der Waals surface area contributed by atoms with Crippen molar-refractivity contribution in [2.75, 3.05) is 6.54 Å². The molecule has 0 spiro atoms. The number of hydrogen-bond acceptors (Lipinski definition) is 2. The van der Waals surface area contributed by atoms with Gasteiger partial charge < -0.3 is 10.0 Å². The van der Waals surface area contributed by atoms with Gasteiger partial charge in [0.1, 0.15) is 0 Å². The van der Waals surface area contributed by atoms with E-state index in [1.54, 1.807) is 0 Å². The second-order valence-electron chi connectivity index (χ2n) is 2.41. The van der Waals surface area contributed by atoms with E-state index in [0.29, 0.717) is 0 Å². The minimum atomic E-state index is -0.146. The molecular formula is C6H12NO-. The first-order chi connectivity index (χ1) is 3.72. The van der Waals surface area contributed by atoms with Gasteiger partial charge in [0.05, 0.1) is 6.10 Å². The van der Waals surface area contributed by atoms with E-state index in [0.717, 1.165) is 13.0 Å². The minimum absolute atomic E-state index is 0.146. The van der Waals surface area contributed by atoms with E-state index >= 15 is 0 Å². The first-order valence-corrected chi connectivity index (χ1v) is 2.97. The summed E-state index contributed by atoms with van der Waals surface area (Å²) in [5.74, 6) is 0. The summed E-state index contributed by atoms with van der Waals surface area (Å²) in [5.41, 5.74) is 0. The second kappa shape index (κ2) is 2.03. The molecule has 1 aliphatic heterocycles. The van der Waals surface area contributed by atoms with Gasteiger partial charge in [-0.1, -0.05) is 0 Å². The van der Waals surface area contributed by atoms with Gasteiger partial charge in [-0.25, -0.2) is 0 Å². The molecule has 0 aromatic carbocycles. The molecule has 48 valence electrons. The second-order valence-corrected chi connectivity index (χ2v) is 2.41. The van der Waals surface area contributed by atoms with Gasteiger partial charge in [0.15, 0.2) is 0 Å². The highest BCUT2D eigenvalue weighted by Crippen LogP contribution is 2.14. The Kier molecular flexibility index (Phi) is 1.54. The fraction of sp³-hybridized carbons (Fsp3) is 0.833. The largest absolute Gasteiger partial charge is 0.455 e. The quantitative estimate of drug-likeness (QED) is 0.456. The molecule has 1 rings (SSSR count). The van der Waals surface area contributed by atoms with Crippen molar-refractivity contribution in [2.24, 2.45) is 0 Å². The van der Waals surface area contributed by atoms with Gasteiger partial charge in [-0.3, -0.25) is 7.05 Å². The minimum Gasteiger partial charge on any atom is -0.455 e. The van der Waals surface area contributed by atoms with Crippen molar-refractivity contribution in [3.05, 3.63) is 7.05 Å². The Hall–Kier alpha value is -0.0800. The van der Waals surface area contributed by atoms with Crippen LogP contribution in [0.4, 0.5) is 0 Å². The monoisotopic (exact) mass is 114 g/mol. The van der Waals surface area contributed by atoms with Crippen LogP contribution in [0.1, 0.15) is 13.3 Å². The van der Waals surface area contributed by atoms with Crippen molar-refractivity contribution in [1.82, 2.24) is 4.90 Å². The highest BCUT2D eigenvalue weighted by atomic mass is 16.3. The molecule has 2 heteroatoms. The van der Waals surface area contributed by atoms with Crippen molar-refractivity contribution in [3.63, 3.8) is 0 Å². The third-order valence-corrected chi connectivity index (χ3v) is 1.84. The summed E-state index contributed by atoms with van der Waals surface area (Å²) in [7, 11) is 3.74. The summed E-state index contributed by atoms with van der Waals surface area (Å²) in [6.07, 6.45) is 0.734. The van der Waals surface area contributed by atoms with Crippen LogP contribution in [0.5, 0.6) is 0 Å². The van der Waals surface area contributed by atoms with E-state index in [2.05, 4.69) is 7.05 Å². The van der Waals surface area contributed by atoms with Crippen molar-refractivity contribution in [1.29, 1.82) is 0 Å². The van der Waals surface area contributed by atoms with E-state index in [1.165, 1.54) is 0 Å². The normalized spacial score (nSPS) is 40.9. The fourth-order valence-corrected chi connectivity index (χ4v) is 0.986. The van der Waals surface area contributed by atoms with Gasteiger partial charge in [0.2, 0.25) is 0 Å². The van der Waals surface area contributed by atoms with Crippen LogP contribution in [-0.4, -0.2) is 28.7 Å². The van der Waals surface area contributed by atoms with Crippen molar-refractivity contribution >= 4 is 0 Å². The zero-order valence-corrected chi connectivity index (χ0v) is 5.17. The van der Waals surface area contributed by atoms with Crippen LogP contribution in [0.2, 0.25) is 0 Å². The summed E-state index contributed by atoms with van der Waals surface area (Å²) < 4.78 is 0. The molecule has 1 heterocycles. The van der Waals surface area contributed by atoms with Crippen molar-refractivity contribution in [2.45, 2.75) is 25.5 Å². The molecule has 2 nitrogen and oxygen atoms in total. The summed E-state index contributed by atoms with van der Waals surface area (Å²) >= 11 is 0. The zero-order chi connectivity index (χ0) is 6.15. The summed E-state index contributed by atoms with van der Waals surface area (Å²) in [6, 6.07) is 0.259. The number of nitrogens with zero attached hydrogens (tertiary/aromatic N) is 1. The summed E-state index contributed by atoms with van der Waals surface area (Å²) in [5, 5.41) is 9.09. The Bertz CT molecular complexity index is 74.6. The van der Waals surface area contributed by atoms with Gasteiger partial charge in [-0.2, -0.15) is 0 Å². The molecule has 1 aliphatic rings. The number of rotatable bonds is 0. The van der Waals surface area contributed by atoms with Crippen LogP contribution in [0, 0.1) is 7.05 Å². The lowest BCUT2D eigenvalue weighted by atomic mass is 10.2. The molecule has 1 fully saturated rings. The predicted octanol–water partition coefficient (Wildman–Crippen LogP) is 0.233. The maximum atomic E-state index is 9.09. The molecular weight excluding hydrogens is 102 g/mol. The molecule has 1 saturated heterocycles. The van der Waals surface area contributed by atoms with Gasteiger partial charge >= 0.3 is 0 Å². The van der Waals surface area contributed by atoms with Crippen LogP contribution in [0.3, 0.4) is 0 Å². The first-order valence-electron chi connectivity index (χ1n) is 2.97. The summed E-state index contributed by atoms with van der Waals surface area (Å²) in [6.45, 7) is 2.92. The molecule has 0 aromatic heterocycles. The lowest BCUT2D eigenvalue weighted by Gasteiger charge is -2.24. The maximum absolute atomic E-state index is 9.09. The van der Waals surface area contributed by atoms with Crippen LogP contribution in [0.25, 0.3) is 0 Å². The number of aliphatic hydroxyl groups is 1. The number of aliphatic hydroxyl groups excluding tert-OH is 1.